The van der Waals surface area contributed by atoms with E-state index in [9.17, 15) is 4.79 Å². The molecule has 0 saturated heterocycles. The van der Waals surface area contributed by atoms with Gasteiger partial charge in [-0.05, 0) is 0 Å². The van der Waals surface area contributed by atoms with Crippen LogP contribution in [0.4, 0.5) is 0 Å². The van der Waals surface area contributed by atoms with Crippen LogP contribution >= 0.6 is 37.7 Å². The number of nitrogens with two attached hydrogens (primary N) is 1. The monoisotopic (exact) mass is 246 g/mol. The third kappa shape index (κ3) is 24.5. The number of halogens is 1. The first-order chi connectivity index (χ1) is 5.72. The van der Waals surface area contributed by atoms with Crippen LogP contribution in [0.3, 0.4) is 0 Å². The lowest BCUT2D eigenvalue weighted by atomic mass is 10.4. The summed E-state index contributed by atoms with van der Waals surface area (Å²) < 4.78 is 0. The fraction of sp³-hybridized carbons (Fsp3) is 0.857. The van der Waals surface area contributed by atoms with Crippen molar-refractivity contribution >= 4 is 43.6 Å². The molecular weight excluding hydrogens is 228 g/mol. The van der Waals surface area contributed by atoms with Gasteiger partial charge in [0.05, 0.1) is 0 Å². The highest BCUT2D eigenvalue weighted by Crippen LogP contribution is 1.74. The number of hydrogen-bond donors (Lipinski definition) is 4. The molecule has 6 heteroatoms. The molecule has 0 aromatic carbocycles. The van der Waals surface area contributed by atoms with Crippen molar-refractivity contribution in [3.8, 4) is 0 Å². The van der Waals surface area contributed by atoms with Gasteiger partial charge in [-0.1, -0.05) is 6.92 Å². The molecule has 0 radical (unpaired) electrons. The maximum atomic E-state index is 10.4. The number of carbonyl (C=O) groups excluding carboxylic acids is 1. The van der Waals surface area contributed by atoms with Crippen LogP contribution in [0.2, 0.25) is 0 Å². The minimum Gasteiger partial charge on any atom is -0.355 e. The van der Waals surface area contributed by atoms with E-state index in [2.05, 4.69) is 30.6 Å². The smallest absolute Gasteiger partial charge is 0.219 e. The second kappa shape index (κ2) is 18.3. The van der Waals surface area contributed by atoms with Gasteiger partial charge in [-0.3, -0.25) is 4.79 Å². The SMILES string of the molecule is CCC(=O)NCCS.Cl.NCCS. The molecule has 0 unspecified atom stereocenters. The molecular formula is C7H19ClN2OS2. The third-order valence-electron chi connectivity index (χ3n) is 0.884. The fourth-order valence-electron chi connectivity index (χ4n) is 0.320. The Hall–Kier alpha value is 0.420. The molecule has 13 heavy (non-hydrogen) atoms. The number of nitrogens with one attached hydrogen (secondary N) is 1. The minimum absolute atomic E-state index is 0. The van der Waals surface area contributed by atoms with Crippen molar-refractivity contribution in [2.24, 2.45) is 5.73 Å². The molecule has 82 valence electrons. The summed E-state index contributed by atoms with van der Waals surface area (Å²) in [5, 5.41) is 2.67. The lowest BCUT2D eigenvalue weighted by Gasteiger charge is -1.96. The van der Waals surface area contributed by atoms with E-state index in [-0.39, 0.29) is 18.3 Å². The summed E-state index contributed by atoms with van der Waals surface area (Å²) in [5.74, 6) is 1.60. The summed E-state index contributed by atoms with van der Waals surface area (Å²) in [6, 6.07) is 0. The van der Waals surface area contributed by atoms with Crippen LogP contribution in [0.15, 0.2) is 0 Å². The van der Waals surface area contributed by atoms with E-state index in [0.717, 1.165) is 5.75 Å². The Kier molecular flexibility index (Phi) is 26.8. The number of rotatable bonds is 4. The second-order valence-electron chi connectivity index (χ2n) is 1.94. The molecule has 3 nitrogen and oxygen atoms in total. The third-order valence-corrected chi connectivity index (χ3v) is 1.37. The standard InChI is InChI=1S/C5H11NOS.C2H7NS.ClH/c1-2-5(7)6-3-4-8;3-1-2-4;/h8H,2-4H2,1H3,(H,6,7);4H,1-3H2;1H. The molecule has 3 N–H and O–H groups in total. The van der Waals surface area contributed by atoms with Crippen molar-refractivity contribution in [3.05, 3.63) is 0 Å². The molecule has 0 bridgehead atoms. The minimum atomic E-state index is 0. The number of hydrogen-bond acceptors (Lipinski definition) is 4. The lowest BCUT2D eigenvalue weighted by molar-refractivity contribution is -0.120. The summed E-state index contributed by atoms with van der Waals surface area (Å²) in [6.07, 6.45) is 0.563. The van der Waals surface area contributed by atoms with Gasteiger partial charge >= 0.3 is 0 Å². The highest BCUT2D eigenvalue weighted by molar-refractivity contribution is 7.80. The largest absolute Gasteiger partial charge is 0.355 e. The Morgan fingerprint density at radius 3 is 2.08 bits per heavy atom. The molecule has 1 amide bonds. The van der Waals surface area contributed by atoms with E-state index < -0.39 is 0 Å². The van der Waals surface area contributed by atoms with Crippen LogP contribution in [0.25, 0.3) is 0 Å². The van der Waals surface area contributed by atoms with Crippen LogP contribution in [0.5, 0.6) is 0 Å². The quantitative estimate of drug-likeness (QED) is 0.553. The molecule has 0 heterocycles. The molecule has 0 aliphatic rings. The topological polar surface area (TPSA) is 55.1 Å². The highest BCUT2D eigenvalue weighted by Gasteiger charge is 1.90. The zero-order valence-corrected chi connectivity index (χ0v) is 10.4. The van der Waals surface area contributed by atoms with Gasteiger partial charge in [0, 0.05) is 31.0 Å². The van der Waals surface area contributed by atoms with E-state index in [1.54, 1.807) is 0 Å². The van der Waals surface area contributed by atoms with Crippen LogP contribution in [0.1, 0.15) is 13.3 Å². The first-order valence-corrected chi connectivity index (χ1v) is 5.17. The Morgan fingerprint density at radius 2 is 1.85 bits per heavy atom. The van der Waals surface area contributed by atoms with Gasteiger partial charge in [-0.2, -0.15) is 25.3 Å². The van der Waals surface area contributed by atoms with Gasteiger partial charge in [-0.25, -0.2) is 0 Å². The summed E-state index contributed by atoms with van der Waals surface area (Å²) in [6.45, 7) is 3.19. The summed E-state index contributed by atoms with van der Waals surface area (Å²) in [4.78, 5) is 10.4. The van der Waals surface area contributed by atoms with Crippen molar-refractivity contribution < 1.29 is 4.79 Å². The highest BCUT2D eigenvalue weighted by atomic mass is 35.5. The van der Waals surface area contributed by atoms with E-state index in [4.69, 9.17) is 5.73 Å². The average molecular weight is 247 g/mol. The molecule has 0 aliphatic carbocycles. The van der Waals surface area contributed by atoms with Gasteiger partial charge in [0.15, 0.2) is 0 Å². The first-order valence-electron chi connectivity index (χ1n) is 3.91. The number of amides is 1. The van der Waals surface area contributed by atoms with Crippen LogP contribution in [-0.4, -0.2) is 30.5 Å². The summed E-state index contributed by atoms with van der Waals surface area (Å²) in [7, 11) is 0. The van der Waals surface area contributed by atoms with Gasteiger partial charge in [0.25, 0.3) is 0 Å². The zero-order chi connectivity index (χ0) is 9.82. The van der Waals surface area contributed by atoms with Crippen molar-refractivity contribution in [3.63, 3.8) is 0 Å². The van der Waals surface area contributed by atoms with Gasteiger partial charge < -0.3 is 11.1 Å². The van der Waals surface area contributed by atoms with Crippen molar-refractivity contribution in [2.45, 2.75) is 13.3 Å². The van der Waals surface area contributed by atoms with Gasteiger partial charge in [0.2, 0.25) is 5.91 Å². The Labute approximate surface area is 97.4 Å². The Bertz CT molecular complexity index is 104. The van der Waals surface area contributed by atoms with Crippen LogP contribution in [0, 0.1) is 0 Å². The van der Waals surface area contributed by atoms with E-state index in [0.29, 0.717) is 25.3 Å². The molecule has 0 saturated carbocycles. The molecule has 0 fully saturated rings. The Morgan fingerprint density at radius 1 is 1.38 bits per heavy atom. The zero-order valence-electron chi connectivity index (χ0n) is 7.82. The summed E-state index contributed by atoms with van der Waals surface area (Å²) >= 11 is 7.71. The maximum absolute atomic E-state index is 10.4. The number of thiol groups is 2. The van der Waals surface area contributed by atoms with E-state index >= 15 is 0 Å². The average Bonchev–Trinajstić information content (AvgIpc) is 2.14. The molecule has 0 aromatic heterocycles. The van der Waals surface area contributed by atoms with Crippen LogP contribution < -0.4 is 11.1 Å². The fourth-order valence-corrected chi connectivity index (χ4v) is 0.432. The molecule has 0 atom stereocenters. The predicted octanol–water partition coefficient (Wildman–Crippen LogP) is 0.739. The van der Waals surface area contributed by atoms with E-state index in [1.165, 1.54) is 0 Å². The number of carbonyl (C=O) groups is 1. The maximum Gasteiger partial charge on any atom is 0.219 e. The van der Waals surface area contributed by atoms with Gasteiger partial charge in [0.1, 0.15) is 0 Å². The van der Waals surface area contributed by atoms with Crippen molar-refractivity contribution in [2.75, 3.05) is 24.6 Å². The molecule has 0 rings (SSSR count). The normalized spacial score (nSPS) is 7.69. The molecule has 0 spiro atoms. The molecule has 0 aromatic rings. The van der Waals surface area contributed by atoms with Gasteiger partial charge in [-0.15, -0.1) is 12.4 Å². The van der Waals surface area contributed by atoms with E-state index in [1.807, 2.05) is 6.92 Å². The second-order valence-corrected chi connectivity index (χ2v) is 2.83. The van der Waals surface area contributed by atoms with Crippen molar-refractivity contribution in [1.29, 1.82) is 0 Å². The van der Waals surface area contributed by atoms with Crippen molar-refractivity contribution in [1.82, 2.24) is 5.32 Å². The Balaban J connectivity index is -0.000000173. The predicted molar refractivity (Wildman–Crippen MR) is 67.3 cm³/mol. The first kappa shape index (κ1) is 19.1. The van der Waals surface area contributed by atoms with Crippen LogP contribution in [-0.2, 0) is 4.79 Å². The molecule has 0 aliphatic heterocycles. The summed E-state index contributed by atoms with van der Waals surface area (Å²) in [5.41, 5.74) is 4.95. The lowest BCUT2D eigenvalue weighted by Crippen LogP contribution is -2.23.